The number of nitrogens with zero attached hydrogens (tertiary/aromatic N) is 8. The van der Waals surface area contributed by atoms with Crippen LogP contribution in [0.4, 0.5) is 37.7 Å². The largest absolute Gasteiger partial charge is 0.436 e. The van der Waals surface area contributed by atoms with Gasteiger partial charge in [0.15, 0.2) is 17.2 Å². The fourth-order valence-electron chi connectivity index (χ4n) is 6.97. The first-order valence-corrected chi connectivity index (χ1v) is 18.6. The molecule has 2 saturated heterocycles. The van der Waals surface area contributed by atoms with Crippen LogP contribution in [-0.4, -0.2) is 99.6 Å². The van der Waals surface area contributed by atoms with Crippen LogP contribution in [0.2, 0.25) is 20.1 Å². The molecule has 0 radical (unpaired) electrons. The molecule has 0 bridgehead atoms. The van der Waals surface area contributed by atoms with Gasteiger partial charge < -0.3 is 9.80 Å². The molecule has 2 fully saturated rings. The number of hydrogen-bond acceptors (Lipinski definition) is 7. The van der Waals surface area contributed by atoms with Crippen LogP contribution >= 0.6 is 46.4 Å². The van der Waals surface area contributed by atoms with Crippen molar-refractivity contribution in [1.82, 2.24) is 29.4 Å². The molecule has 0 spiro atoms. The van der Waals surface area contributed by atoms with Crippen molar-refractivity contribution in [2.24, 2.45) is 0 Å². The van der Waals surface area contributed by atoms with Crippen molar-refractivity contribution >= 4 is 63.6 Å². The summed E-state index contributed by atoms with van der Waals surface area (Å²) in [6.45, 7) is 5.53. The average Bonchev–Trinajstić information content (AvgIpc) is 3.59. The van der Waals surface area contributed by atoms with Gasteiger partial charge in [0.05, 0.1) is 46.6 Å². The summed E-state index contributed by atoms with van der Waals surface area (Å²) in [7, 11) is 0. The molecule has 4 aromatic rings. The highest BCUT2D eigenvalue weighted by atomic mass is 35.5. The number of halogens is 10. The fourth-order valence-corrected chi connectivity index (χ4v) is 7.71. The maximum Gasteiger partial charge on any atom is 0.436 e. The molecular weight excluding hydrogens is 804 g/mol. The fraction of sp³-hybridized carbons (Fsp3) is 0.457. The topological polar surface area (TPSA) is 65.7 Å². The van der Waals surface area contributed by atoms with Gasteiger partial charge in [0.25, 0.3) is 0 Å². The van der Waals surface area contributed by atoms with Crippen molar-refractivity contribution in [3.05, 3.63) is 91.4 Å². The summed E-state index contributed by atoms with van der Waals surface area (Å²) in [4.78, 5) is 23.1. The van der Waals surface area contributed by atoms with E-state index in [0.717, 1.165) is 20.7 Å². The van der Waals surface area contributed by atoms with Gasteiger partial charge in [-0.1, -0.05) is 46.4 Å². The second kappa shape index (κ2) is 16.1. The van der Waals surface area contributed by atoms with Crippen molar-refractivity contribution in [3.8, 4) is 0 Å². The third kappa shape index (κ3) is 8.76. The first kappa shape index (κ1) is 40.5. The number of aromatic nitrogens is 4. The zero-order valence-electron chi connectivity index (χ0n) is 29.1. The predicted octanol–water partition coefficient (Wildman–Crippen LogP) is 8.00. The first-order chi connectivity index (χ1) is 25.4. The van der Waals surface area contributed by atoms with E-state index in [1.165, 1.54) is 13.8 Å². The molecular formula is C35H36Cl4F6N8O. The predicted molar refractivity (Wildman–Crippen MR) is 197 cm³/mol. The molecule has 2 aromatic heterocycles. The van der Waals surface area contributed by atoms with Gasteiger partial charge in [0, 0.05) is 73.8 Å². The standard InChI is InChI=1S/C35H36Cl4F6N8O/c1-21-29(38)32(34(40,41)42)46-52(21)19-27(50-15-11-48(12-16-50)25-7-3-23(36)4-8-25)31(54)28(20-53-22(2)30(39)33(47-53)35(43,44)45)51-17-13-49(14-18-51)26-9-5-24(37)6-10-26/h3-10,27-28H,11-20H2,1-2H3. The van der Waals surface area contributed by atoms with E-state index in [2.05, 4.69) is 20.0 Å². The van der Waals surface area contributed by atoms with Gasteiger partial charge >= 0.3 is 12.4 Å². The molecule has 2 unspecified atom stereocenters. The van der Waals surface area contributed by atoms with Gasteiger partial charge in [0.2, 0.25) is 0 Å². The van der Waals surface area contributed by atoms with Crippen LogP contribution in [-0.2, 0) is 30.2 Å². The quantitative estimate of drug-likeness (QED) is 0.150. The molecule has 2 aromatic carbocycles. The Balaban J connectivity index is 1.35. The van der Waals surface area contributed by atoms with E-state index < -0.39 is 51.7 Å². The number of benzene rings is 2. The molecule has 0 saturated carbocycles. The SMILES string of the molecule is Cc1c(Cl)c(C(F)(F)F)nn1CC(C(=O)C(Cn1nc(C(F)(F)F)c(Cl)c1C)N1CCN(c2ccc(Cl)cc2)CC1)N1CCN(c2ccc(Cl)cc2)CC1. The van der Waals surface area contributed by atoms with Crippen molar-refractivity contribution in [3.63, 3.8) is 0 Å². The van der Waals surface area contributed by atoms with E-state index in [1.807, 2.05) is 34.1 Å². The van der Waals surface area contributed by atoms with Gasteiger partial charge in [0.1, 0.15) is 0 Å². The van der Waals surface area contributed by atoms with Gasteiger partial charge in [-0.05, 0) is 62.4 Å². The maximum absolute atomic E-state index is 15.1. The van der Waals surface area contributed by atoms with Crippen molar-refractivity contribution < 1.29 is 31.1 Å². The van der Waals surface area contributed by atoms with Crippen LogP contribution in [0, 0.1) is 13.8 Å². The Bertz CT molecular complexity index is 1800. The molecule has 6 rings (SSSR count). The minimum Gasteiger partial charge on any atom is -0.369 e. The van der Waals surface area contributed by atoms with Crippen LogP contribution in [0.25, 0.3) is 0 Å². The minimum absolute atomic E-state index is 0.0271. The minimum atomic E-state index is -4.84. The van der Waals surface area contributed by atoms with E-state index in [-0.39, 0.29) is 24.5 Å². The number of piperazine rings is 2. The van der Waals surface area contributed by atoms with Crippen LogP contribution in [0.15, 0.2) is 48.5 Å². The molecule has 9 nitrogen and oxygen atoms in total. The number of carbonyl (C=O) groups is 1. The molecule has 54 heavy (non-hydrogen) atoms. The van der Waals surface area contributed by atoms with E-state index in [1.54, 1.807) is 24.3 Å². The number of Topliss-reactive ketones (excluding diaryl/α,β-unsaturated/α-hetero) is 1. The lowest BCUT2D eigenvalue weighted by molar-refractivity contribution is -0.142. The Hall–Kier alpha value is -3.21. The molecule has 0 N–H and O–H groups in total. The van der Waals surface area contributed by atoms with Crippen molar-refractivity contribution in [2.75, 3.05) is 62.2 Å². The first-order valence-electron chi connectivity index (χ1n) is 17.1. The highest BCUT2D eigenvalue weighted by Crippen LogP contribution is 2.37. The number of anilines is 2. The van der Waals surface area contributed by atoms with E-state index in [0.29, 0.717) is 62.4 Å². The molecule has 0 aliphatic carbocycles. The Morgan fingerprint density at radius 2 is 0.907 bits per heavy atom. The summed E-state index contributed by atoms with van der Waals surface area (Å²) in [6.07, 6.45) is -9.67. The molecule has 2 atom stereocenters. The second-order valence-corrected chi connectivity index (χ2v) is 14.9. The normalized spacial score (nSPS) is 17.6. The average molecular weight is 841 g/mol. The lowest BCUT2D eigenvalue weighted by atomic mass is 9.99. The summed E-state index contributed by atoms with van der Waals surface area (Å²) in [5.41, 5.74) is -0.657. The van der Waals surface area contributed by atoms with Crippen molar-refractivity contribution in [2.45, 2.75) is 51.4 Å². The zero-order chi connectivity index (χ0) is 39.1. The summed E-state index contributed by atoms with van der Waals surface area (Å²) in [5, 5.41) is 7.60. The summed E-state index contributed by atoms with van der Waals surface area (Å²) in [5.74, 6) is -0.408. The Morgan fingerprint density at radius 1 is 0.593 bits per heavy atom. The Kier molecular flexibility index (Phi) is 12.1. The van der Waals surface area contributed by atoms with Gasteiger partial charge in [-0.3, -0.25) is 24.0 Å². The lowest BCUT2D eigenvalue weighted by Gasteiger charge is -2.43. The van der Waals surface area contributed by atoms with Gasteiger partial charge in [-0.15, -0.1) is 0 Å². The van der Waals surface area contributed by atoms with Crippen LogP contribution in [0.1, 0.15) is 22.8 Å². The number of hydrogen-bond donors (Lipinski definition) is 0. The van der Waals surface area contributed by atoms with Crippen LogP contribution < -0.4 is 9.80 Å². The third-order valence-corrected chi connectivity index (χ3v) is 11.5. The summed E-state index contributed by atoms with van der Waals surface area (Å²) in [6, 6.07) is 12.5. The molecule has 4 heterocycles. The van der Waals surface area contributed by atoms with Crippen LogP contribution in [0.5, 0.6) is 0 Å². The van der Waals surface area contributed by atoms with Gasteiger partial charge in [-0.25, -0.2) is 0 Å². The maximum atomic E-state index is 15.1. The molecule has 0 amide bonds. The molecule has 2 aliphatic heterocycles. The van der Waals surface area contributed by atoms with Crippen LogP contribution in [0.3, 0.4) is 0 Å². The van der Waals surface area contributed by atoms with Crippen molar-refractivity contribution in [1.29, 1.82) is 0 Å². The number of carbonyl (C=O) groups excluding carboxylic acids is 1. The Labute approximate surface area is 327 Å². The number of alkyl halides is 6. The van der Waals surface area contributed by atoms with E-state index >= 15 is 4.79 Å². The number of ketones is 1. The Morgan fingerprint density at radius 3 is 1.19 bits per heavy atom. The molecule has 292 valence electrons. The second-order valence-electron chi connectivity index (χ2n) is 13.3. The third-order valence-electron chi connectivity index (χ3n) is 10.0. The van der Waals surface area contributed by atoms with E-state index in [9.17, 15) is 26.3 Å². The molecule has 19 heteroatoms. The smallest absolute Gasteiger partial charge is 0.369 e. The number of rotatable bonds is 10. The molecule has 2 aliphatic rings. The summed E-state index contributed by atoms with van der Waals surface area (Å²) >= 11 is 24.4. The van der Waals surface area contributed by atoms with E-state index in [4.69, 9.17) is 46.4 Å². The highest BCUT2D eigenvalue weighted by molar-refractivity contribution is 6.32. The monoisotopic (exact) mass is 838 g/mol. The summed E-state index contributed by atoms with van der Waals surface area (Å²) < 4.78 is 85.6. The zero-order valence-corrected chi connectivity index (χ0v) is 32.1. The lowest BCUT2D eigenvalue weighted by Crippen LogP contribution is -2.61. The van der Waals surface area contributed by atoms with Gasteiger partial charge in [-0.2, -0.15) is 36.5 Å². The highest BCUT2D eigenvalue weighted by Gasteiger charge is 2.43.